The molecule has 0 saturated heterocycles. The summed E-state index contributed by atoms with van der Waals surface area (Å²) < 4.78 is 0. The predicted molar refractivity (Wildman–Crippen MR) is 78.5 cm³/mol. The molecule has 3 aromatic rings. The first kappa shape index (κ1) is 13.2. The van der Waals surface area contributed by atoms with Gasteiger partial charge < -0.3 is 9.82 Å². The second-order valence-electron chi connectivity index (χ2n) is 4.94. The molecular weight excluding hydrogens is 298 g/mol. The van der Waals surface area contributed by atoms with Crippen molar-refractivity contribution in [2.24, 2.45) is 0 Å². The van der Waals surface area contributed by atoms with Gasteiger partial charge in [-0.05, 0) is 30.3 Å². The van der Waals surface area contributed by atoms with Crippen LogP contribution in [0.15, 0.2) is 48.7 Å². The van der Waals surface area contributed by atoms with Crippen LogP contribution in [0.3, 0.4) is 0 Å². The number of benzene rings is 1. The highest BCUT2D eigenvalue weighted by molar-refractivity contribution is 6.21. The van der Waals surface area contributed by atoms with Crippen molar-refractivity contribution in [3.05, 3.63) is 65.5 Å². The zero-order chi connectivity index (χ0) is 16.0. The number of nitrogens with one attached hydrogen (secondary N) is 1. The molecule has 0 atom stereocenters. The summed E-state index contributed by atoms with van der Waals surface area (Å²) in [4.78, 5) is 48.4. The minimum absolute atomic E-state index is 0.00324. The molecule has 0 aliphatic carbocycles. The average molecular weight is 307 g/mol. The maximum atomic E-state index is 12.2. The number of nitrogens with zero attached hydrogens (tertiary/aromatic N) is 2. The number of H-pyrrole nitrogens is 1. The van der Waals surface area contributed by atoms with E-state index < -0.39 is 17.8 Å². The van der Waals surface area contributed by atoms with E-state index in [0.29, 0.717) is 10.7 Å². The van der Waals surface area contributed by atoms with E-state index >= 15 is 0 Å². The number of carbonyl (C=O) groups excluding carboxylic acids is 3. The largest absolute Gasteiger partial charge is 0.382 e. The number of imide groups is 1. The van der Waals surface area contributed by atoms with Crippen molar-refractivity contribution in [2.75, 3.05) is 0 Å². The summed E-state index contributed by atoms with van der Waals surface area (Å²) in [6.07, 6.45) is 1.69. The Bertz CT molecular complexity index is 941. The van der Waals surface area contributed by atoms with Crippen molar-refractivity contribution in [3.63, 3.8) is 0 Å². The first-order chi connectivity index (χ1) is 11.1. The third-order valence-corrected chi connectivity index (χ3v) is 3.55. The van der Waals surface area contributed by atoms with E-state index in [4.69, 9.17) is 4.84 Å². The molecule has 2 amide bonds. The summed E-state index contributed by atoms with van der Waals surface area (Å²) in [7, 11) is 0. The molecule has 3 heterocycles. The Morgan fingerprint density at radius 3 is 2.39 bits per heavy atom. The molecule has 1 N–H and O–H groups in total. The molecule has 0 unspecified atom stereocenters. The molecule has 7 heteroatoms. The van der Waals surface area contributed by atoms with E-state index in [-0.39, 0.29) is 16.8 Å². The Labute approximate surface area is 129 Å². The fourth-order valence-electron chi connectivity index (χ4n) is 2.42. The average Bonchev–Trinajstić information content (AvgIpc) is 3.13. The molecule has 112 valence electrons. The zero-order valence-corrected chi connectivity index (χ0v) is 11.6. The second kappa shape index (κ2) is 4.77. The maximum absolute atomic E-state index is 12.2. The number of hydroxylamine groups is 2. The molecular formula is C16H9N3O4. The lowest BCUT2D eigenvalue weighted by atomic mass is 10.1. The number of fused-ring (bicyclic) bond motifs is 2. The summed E-state index contributed by atoms with van der Waals surface area (Å²) >= 11 is 0. The lowest BCUT2D eigenvalue weighted by molar-refractivity contribution is -0.0588. The van der Waals surface area contributed by atoms with Crippen molar-refractivity contribution in [3.8, 4) is 0 Å². The number of pyridine rings is 1. The molecule has 1 aromatic carbocycles. The van der Waals surface area contributed by atoms with E-state index in [1.54, 1.807) is 24.4 Å². The molecule has 0 radical (unpaired) electrons. The van der Waals surface area contributed by atoms with Crippen molar-refractivity contribution >= 4 is 28.8 Å². The van der Waals surface area contributed by atoms with Gasteiger partial charge in [0.05, 0.1) is 11.1 Å². The number of aromatic nitrogens is 2. The van der Waals surface area contributed by atoms with Crippen molar-refractivity contribution in [1.29, 1.82) is 0 Å². The van der Waals surface area contributed by atoms with Gasteiger partial charge in [0, 0.05) is 11.6 Å². The Morgan fingerprint density at radius 1 is 1.00 bits per heavy atom. The summed E-state index contributed by atoms with van der Waals surface area (Å²) in [6.45, 7) is 0. The lowest BCUT2D eigenvalue weighted by Crippen LogP contribution is -2.32. The molecule has 1 aliphatic heterocycles. The van der Waals surface area contributed by atoms with Gasteiger partial charge in [-0.1, -0.05) is 17.2 Å². The van der Waals surface area contributed by atoms with Crippen LogP contribution in [0.1, 0.15) is 31.2 Å². The van der Waals surface area contributed by atoms with Crippen molar-refractivity contribution in [1.82, 2.24) is 15.0 Å². The van der Waals surface area contributed by atoms with Crippen molar-refractivity contribution in [2.45, 2.75) is 0 Å². The summed E-state index contributed by atoms with van der Waals surface area (Å²) in [5, 5.41) is 1.30. The van der Waals surface area contributed by atoms with E-state index in [1.165, 1.54) is 18.2 Å². The number of rotatable bonds is 2. The van der Waals surface area contributed by atoms with Gasteiger partial charge in [0.15, 0.2) is 5.69 Å². The quantitative estimate of drug-likeness (QED) is 0.730. The van der Waals surface area contributed by atoms with Gasteiger partial charge in [-0.15, -0.1) is 0 Å². The first-order valence-corrected chi connectivity index (χ1v) is 6.79. The molecule has 0 saturated carbocycles. The first-order valence-electron chi connectivity index (χ1n) is 6.79. The number of carbonyl (C=O) groups is 3. The highest BCUT2D eigenvalue weighted by Crippen LogP contribution is 2.23. The third-order valence-electron chi connectivity index (χ3n) is 3.55. The Morgan fingerprint density at radius 2 is 1.70 bits per heavy atom. The summed E-state index contributed by atoms with van der Waals surface area (Å²) in [5.74, 6) is -2.21. The van der Waals surface area contributed by atoms with E-state index in [1.807, 2.05) is 6.07 Å². The Balaban J connectivity index is 1.62. The Kier molecular flexibility index (Phi) is 2.74. The smallest absolute Gasteiger partial charge is 0.346 e. The van der Waals surface area contributed by atoms with E-state index in [9.17, 15) is 14.4 Å². The van der Waals surface area contributed by atoms with E-state index in [2.05, 4.69) is 9.97 Å². The van der Waals surface area contributed by atoms with Crippen LogP contribution in [-0.4, -0.2) is 32.8 Å². The molecule has 2 aromatic heterocycles. The molecule has 0 fully saturated rings. The second-order valence-corrected chi connectivity index (χ2v) is 4.94. The lowest BCUT2D eigenvalue weighted by Gasteiger charge is -2.12. The normalized spacial score (nSPS) is 13.5. The van der Waals surface area contributed by atoms with Crippen molar-refractivity contribution < 1.29 is 19.2 Å². The zero-order valence-electron chi connectivity index (χ0n) is 11.6. The maximum Gasteiger partial charge on any atom is 0.382 e. The minimum Gasteiger partial charge on any atom is -0.346 e. The van der Waals surface area contributed by atoms with Gasteiger partial charge in [-0.2, -0.15) is 0 Å². The van der Waals surface area contributed by atoms with Gasteiger partial charge in [-0.3, -0.25) is 9.59 Å². The van der Waals surface area contributed by atoms with Crippen LogP contribution in [0.5, 0.6) is 0 Å². The SMILES string of the molecule is O=C(ON1C(=O)c2ccccc2C1=O)c1ccc2cc[nH]c2n1. The minimum atomic E-state index is -0.879. The predicted octanol–water partition coefficient (Wildman–Crippen LogP) is 1.93. The van der Waals surface area contributed by atoms with Crippen LogP contribution in [-0.2, 0) is 4.84 Å². The fraction of sp³-hybridized carbons (Fsp3) is 0. The van der Waals surface area contributed by atoms with Gasteiger partial charge in [-0.25, -0.2) is 9.78 Å². The number of hydrogen-bond acceptors (Lipinski definition) is 5. The van der Waals surface area contributed by atoms with Crippen LogP contribution in [0.4, 0.5) is 0 Å². The van der Waals surface area contributed by atoms with Crippen LogP contribution in [0, 0.1) is 0 Å². The van der Waals surface area contributed by atoms with Crippen LogP contribution in [0.2, 0.25) is 0 Å². The highest BCUT2D eigenvalue weighted by Gasteiger charge is 2.38. The Hall–Kier alpha value is -3.48. The number of amides is 2. The molecule has 23 heavy (non-hydrogen) atoms. The summed E-state index contributed by atoms with van der Waals surface area (Å²) in [6, 6.07) is 11.3. The van der Waals surface area contributed by atoms with Crippen LogP contribution in [0.25, 0.3) is 11.0 Å². The number of hydrogen-bond donors (Lipinski definition) is 1. The number of aromatic amines is 1. The standard InChI is InChI=1S/C16H9N3O4/c20-14-10-3-1-2-4-11(10)15(21)19(14)23-16(22)12-6-5-9-7-8-17-13(9)18-12/h1-8H,(H,17,18). The van der Waals surface area contributed by atoms with Crippen LogP contribution >= 0.6 is 0 Å². The van der Waals surface area contributed by atoms with Gasteiger partial charge in [0.2, 0.25) is 0 Å². The molecule has 0 spiro atoms. The molecule has 4 rings (SSSR count). The summed E-state index contributed by atoms with van der Waals surface area (Å²) in [5.41, 5.74) is 0.925. The monoisotopic (exact) mass is 307 g/mol. The van der Waals surface area contributed by atoms with Gasteiger partial charge in [0.25, 0.3) is 11.8 Å². The highest BCUT2D eigenvalue weighted by atomic mass is 16.7. The molecule has 7 nitrogen and oxygen atoms in total. The molecule has 0 bridgehead atoms. The molecule has 1 aliphatic rings. The van der Waals surface area contributed by atoms with Crippen LogP contribution < -0.4 is 0 Å². The van der Waals surface area contributed by atoms with E-state index in [0.717, 1.165) is 5.39 Å². The van der Waals surface area contributed by atoms with Gasteiger partial charge >= 0.3 is 5.97 Å². The fourth-order valence-corrected chi connectivity index (χ4v) is 2.42. The van der Waals surface area contributed by atoms with Gasteiger partial charge in [0.1, 0.15) is 5.65 Å². The third kappa shape index (κ3) is 1.98. The topological polar surface area (TPSA) is 92.4 Å².